The number of nitrogens with zero attached hydrogens (tertiary/aromatic N) is 2. The first-order valence-corrected chi connectivity index (χ1v) is 9.92. The lowest BCUT2D eigenvalue weighted by atomic mass is 9.98. The number of hydrogen-bond donors (Lipinski definition) is 1. The molecule has 1 saturated heterocycles. The van der Waals surface area contributed by atoms with E-state index in [0.717, 1.165) is 57.5 Å². The van der Waals surface area contributed by atoms with Crippen molar-refractivity contribution in [2.24, 2.45) is 10.9 Å². The van der Waals surface area contributed by atoms with E-state index in [4.69, 9.17) is 14.5 Å². The van der Waals surface area contributed by atoms with Gasteiger partial charge in [0.25, 0.3) is 0 Å². The average Bonchev–Trinajstić information content (AvgIpc) is 3.14. The van der Waals surface area contributed by atoms with Crippen LogP contribution in [-0.4, -0.2) is 57.4 Å². The van der Waals surface area contributed by atoms with Crippen LogP contribution in [0.1, 0.15) is 45.1 Å². The summed E-state index contributed by atoms with van der Waals surface area (Å²) in [7, 11) is 1.70. The maximum atomic E-state index is 5.59. The molecule has 26 heavy (non-hydrogen) atoms. The number of aliphatic imine (C=N–C) groups is 1. The highest BCUT2D eigenvalue weighted by Crippen LogP contribution is 2.22. The lowest BCUT2D eigenvalue weighted by Crippen LogP contribution is -2.40. The van der Waals surface area contributed by atoms with E-state index in [9.17, 15) is 0 Å². The summed E-state index contributed by atoms with van der Waals surface area (Å²) < 4.78 is 10.8. The maximum absolute atomic E-state index is 5.59. The SMILES string of the molecule is CCNC(=NCCC(C)c1ccc(OC)cc1)N1CCC(COCC)C1. The van der Waals surface area contributed by atoms with Gasteiger partial charge in [0.2, 0.25) is 0 Å². The van der Waals surface area contributed by atoms with E-state index < -0.39 is 0 Å². The Labute approximate surface area is 158 Å². The third-order valence-electron chi connectivity index (χ3n) is 4.99. The molecule has 0 amide bonds. The third-order valence-corrected chi connectivity index (χ3v) is 4.99. The highest BCUT2D eigenvalue weighted by atomic mass is 16.5. The number of ether oxygens (including phenoxy) is 2. The molecule has 2 unspecified atom stereocenters. The second-order valence-corrected chi connectivity index (χ2v) is 6.96. The monoisotopic (exact) mass is 361 g/mol. The molecule has 0 spiro atoms. The van der Waals surface area contributed by atoms with Crippen molar-refractivity contribution >= 4 is 5.96 Å². The van der Waals surface area contributed by atoms with Gasteiger partial charge in [-0.05, 0) is 50.3 Å². The molecule has 1 aromatic rings. The molecule has 5 heteroatoms. The molecule has 0 aromatic heterocycles. The van der Waals surface area contributed by atoms with E-state index in [1.54, 1.807) is 7.11 Å². The van der Waals surface area contributed by atoms with Crippen molar-refractivity contribution < 1.29 is 9.47 Å². The first kappa shape index (κ1) is 20.6. The second kappa shape index (κ2) is 11.1. The predicted molar refractivity (Wildman–Crippen MR) is 108 cm³/mol. The lowest BCUT2D eigenvalue weighted by molar-refractivity contribution is 0.114. The van der Waals surface area contributed by atoms with Gasteiger partial charge in [-0.25, -0.2) is 0 Å². The molecule has 1 aliphatic heterocycles. The maximum Gasteiger partial charge on any atom is 0.193 e. The normalized spacial score (nSPS) is 18.8. The van der Waals surface area contributed by atoms with Crippen LogP contribution in [0, 0.1) is 5.92 Å². The number of nitrogens with one attached hydrogen (secondary N) is 1. The lowest BCUT2D eigenvalue weighted by Gasteiger charge is -2.22. The Bertz CT molecular complexity index is 545. The van der Waals surface area contributed by atoms with Crippen LogP contribution < -0.4 is 10.1 Å². The van der Waals surface area contributed by atoms with Crippen LogP contribution >= 0.6 is 0 Å². The summed E-state index contributed by atoms with van der Waals surface area (Å²) in [6.07, 6.45) is 2.23. The highest BCUT2D eigenvalue weighted by molar-refractivity contribution is 5.80. The Morgan fingerprint density at radius 2 is 2.08 bits per heavy atom. The Morgan fingerprint density at radius 3 is 2.73 bits per heavy atom. The topological polar surface area (TPSA) is 46.1 Å². The van der Waals surface area contributed by atoms with Crippen LogP contribution in [0.15, 0.2) is 29.3 Å². The summed E-state index contributed by atoms with van der Waals surface area (Å²) >= 11 is 0. The summed E-state index contributed by atoms with van der Waals surface area (Å²) in [6.45, 7) is 12.0. The van der Waals surface area contributed by atoms with Gasteiger partial charge in [0.15, 0.2) is 5.96 Å². The summed E-state index contributed by atoms with van der Waals surface area (Å²) in [4.78, 5) is 7.26. The largest absolute Gasteiger partial charge is 0.497 e. The second-order valence-electron chi connectivity index (χ2n) is 6.96. The van der Waals surface area contributed by atoms with E-state index in [0.29, 0.717) is 11.8 Å². The third kappa shape index (κ3) is 6.20. The van der Waals surface area contributed by atoms with Gasteiger partial charge < -0.3 is 19.7 Å². The Balaban J connectivity index is 1.86. The van der Waals surface area contributed by atoms with Gasteiger partial charge in [-0.2, -0.15) is 0 Å². The molecule has 0 saturated carbocycles. The van der Waals surface area contributed by atoms with Crippen LogP contribution in [0.2, 0.25) is 0 Å². The molecule has 0 aliphatic carbocycles. The minimum Gasteiger partial charge on any atom is -0.497 e. The van der Waals surface area contributed by atoms with Crippen molar-refractivity contribution in [2.45, 2.75) is 39.5 Å². The molecule has 2 rings (SSSR count). The van der Waals surface area contributed by atoms with Crippen LogP contribution in [-0.2, 0) is 4.74 Å². The average molecular weight is 362 g/mol. The fourth-order valence-electron chi connectivity index (χ4n) is 3.33. The minimum atomic E-state index is 0.483. The predicted octanol–water partition coefficient (Wildman–Crippen LogP) is 3.51. The van der Waals surface area contributed by atoms with E-state index in [1.165, 1.54) is 12.0 Å². The summed E-state index contributed by atoms with van der Waals surface area (Å²) in [5.74, 6) is 3.06. The van der Waals surface area contributed by atoms with Gasteiger partial charge in [0.05, 0.1) is 13.7 Å². The first-order chi connectivity index (χ1) is 12.7. The van der Waals surface area contributed by atoms with Gasteiger partial charge in [0.1, 0.15) is 5.75 Å². The molecular formula is C21H35N3O2. The number of hydrogen-bond acceptors (Lipinski definition) is 3. The van der Waals surface area contributed by atoms with Crippen LogP contribution in [0.25, 0.3) is 0 Å². The summed E-state index contributed by atoms with van der Waals surface area (Å²) in [5.41, 5.74) is 1.34. The molecule has 1 aromatic carbocycles. The number of benzene rings is 1. The van der Waals surface area contributed by atoms with Crippen molar-refractivity contribution in [2.75, 3.05) is 46.5 Å². The van der Waals surface area contributed by atoms with Crippen molar-refractivity contribution in [3.8, 4) is 5.75 Å². The Hall–Kier alpha value is -1.75. The molecule has 146 valence electrons. The van der Waals surface area contributed by atoms with Crippen molar-refractivity contribution in [3.63, 3.8) is 0 Å². The minimum absolute atomic E-state index is 0.483. The highest BCUT2D eigenvalue weighted by Gasteiger charge is 2.24. The van der Waals surface area contributed by atoms with Crippen LogP contribution in [0.3, 0.4) is 0 Å². The molecule has 1 heterocycles. The van der Waals surface area contributed by atoms with Gasteiger partial charge >= 0.3 is 0 Å². The van der Waals surface area contributed by atoms with Crippen molar-refractivity contribution in [1.82, 2.24) is 10.2 Å². The van der Waals surface area contributed by atoms with E-state index in [-0.39, 0.29) is 0 Å². The standard InChI is InChI=1S/C21H35N3O2/c1-5-22-21(24-14-12-18(15-24)16-26-6-2)23-13-11-17(3)19-7-9-20(25-4)10-8-19/h7-10,17-18H,5-6,11-16H2,1-4H3,(H,22,23). The number of guanidine groups is 1. The molecule has 1 aliphatic rings. The van der Waals surface area contributed by atoms with Gasteiger partial charge in [-0.1, -0.05) is 19.1 Å². The Morgan fingerprint density at radius 1 is 1.31 bits per heavy atom. The van der Waals surface area contributed by atoms with E-state index >= 15 is 0 Å². The zero-order valence-corrected chi connectivity index (χ0v) is 16.8. The summed E-state index contributed by atoms with van der Waals surface area (Å²) in [6, 6.07) is 8.36. The molecule has 1 fully saturated rings. The van der Waals surface area contributed by atoms with E-state index in [1.807, 2.05) is 12.1 Å². The molecule has 5 nitrogen and oxygen atoms in total. The van der Waals surface area contributed by atoms with E-state index in [2.05, 4.69) is 43.1 Å². The fourth-order valence-corrected chi connectivity index (χ4v) is 3.33. The summed E-state index contributed by atoms with van der Waals surface area (Å²) in [5, 5.41) is 3.45. The first-order valence-electron chi connectivity index (χ1n) is 9.92. The quantitative estimate of drug-likeness (QED) is 0.540. The molecule has 2 atom stereocenters. The zero-order valence-electron chi connectivity index (χ0n) is 16.8. The van der Waals surface area contributed by atoms with Crippen molar-refractivity contribution in [1.29, 1.82) is 0 Å². The molecule has 0 radical (unpaired) electrons. The fraction of sp³-hybridized carbons (Fsp3) is 0.667. The molecule has 0 bridgehead atoms. The Kier molecular flexibility index (Phi) is 8.75. The number of rotatable bonds is 9. The van der Waals surface area contributed by atoms with Crippen molar-refractivity contribution in [3.05, 3.63) is 29.8 Å². The molecule has 1 N–H and O–H groups in total. The number of methoxy groups -OCH3 is 1. The van der Waals surface area contributed by atoms with Gasteiger partial charge in [0, 0.05) is 38.7 Å². The van der Waals surface area contributed by atoms with Crippen LogP contribution in [0.4, 0.5) is 0 Å². The number of likely N-dealkylation sites (tertiary alicyclic amines) is 1. The smallest absolute Gasteiger partial charge is 0.193 e. The van der Waals surface area contributed by atoms with Gasteiger partial charge in [-0.15, -0.1) is 0 Å². The molecular weight excluding hydrogens is 326 g/mol. The van der Waals surface area contributed by atoms with Gasteiger partial charge in [-0.3, -0.25) is 4.99 Å². The zero-order chi connectivity index (χ0) is 18.8. The van der Waals surface area contributed by atoms with Crippen LogP contribution in [0.5, 0.6) is 5.75 Å².